The van der Waals surface area contributed by atoms with Crippen molar-refractivity contribution in [2.45, 2.75) is 19.4 Å². The smallest absolute Gasteiger partial charge is 0.226 e. The Morgan fingerprint density at radius 2 is 2.32 bits per heavy atom. The number of amides is 1. The second-order valence-electron chi connectivity index (χ2n) is 6.50. The molecule has 0 aromatic heterocycles. The highest BCUT2D eigenvalue weighted by Gasteiger charge is 2.60. The van der Waals surface area contributed by atoms with Crippen LogP contribution in [0.2, 0.25) is 0 Å². The third-order valence-electron chi connectivity index (χ3n) is 5.19. The molecule has 1 saturated carbocycles. The van der Waals surface area contributed by atoms with Crippen molar-refractivity contribution in [2.75, 3.05) is 33.5 Å². The maximum atomic E-state index is 12.8. The molecule has 2 atom stereocenters. The highest BCUT2D eigenvalue weighted by molar-refractivity contribution is 5.83. The van der Waals surface area contributed by atoms with E-state index in [-0.39, 0.29) is 17.2 Å². The van der Waals surface area contributed by atoms with E-state index < -0.39 is 0 Å². The number of fused-ring (bicyclic) bond motifs is 1. The molecule has 22 heavy (non-hydrogen) atoms. The number of carbonyl (C=O) groups excluding carboxylic acids is 1. The Balaban J connectivity index is 1.50. The second kappa shape index (κ2) is 5.16. The molecule has 1 aromatic carbocycles. The molecule has 1 amide bonds. The number of benzene rings is 1. The van der Waals surface area contributed by atoms with Gasteiger partial charge in [0.15, 0.2) is 0 Å². The van der Waals surface area contributed by atoms with Gasteiger partial charge in [-0.15, -0.1) is 0 Å². The number of ether oxygens (including phenoxy) is 3. The van der Waals surface area contributed by atoms with Crippen molar-refractivity contribution in [1.82, 2.24) is 4.90 Å². The van der Waals surface area contributed by atoms with Gasteiger partial charge in [-0.05, 0) is 25.0 Å². The van der Waals surface area contributed by atoms with E-state index in [0.29, 0.717) is 19.7 Å². The minimum atomic E-state index is 0.146. The molecule has 5 nitrogen and oxygen atoms in total. The van der Waals surface area contributed by atoms with E-state index in [0.717, 1.165) is 43.1 Å². The Hall–Kier alpha value is -1.75. The Labute approximate surface area is 130 Å². The molecular formula is C17H21NO4. The summed E-state index contributed by atoms with van der Waals surface area (Å²) in [5.41, 5.74) is 1.19. The molecule has 1 aromatic rings. The van der Waals surface area contributed by atoms with Crippen LogP contribution >= 0.6 is 0 Å². The van der Waals surface area contributed by atoms with Crippen LogP contribution in [0.5, 0.6) is 11.5 Å². The standard InChI is InChI=1S/C17H21NO4/c1-20-13-3-2-12-10-18(5-7-22-15(12)8-13)16(19)14-9-17(14)4-6-21-11-17/h2-3,8,14H,4-7,9-11H2,1H3. The summed E-state index contributed by atoms with van der Waals surface area (Å²) in [7, 11) is 1.64. The van der Waals surface area contributed by atoms with E-state index in [4.69, 9.17) is 14.2 Å². The van der Waals surface area contributed by atoms with Gasteiger partial charge in [-0.2, -0.15) is 0 Å². The summed E-state index contributed by atoms with van der Waals surface area (Å²) in [6.45, 7) is 3.34. The lowest BCUT2D eigenvalue weighted by Crippen LogP contribution is -2.35. The van der Waals surface area contributed by atoms with Crippen LogP contribution in [0.1, 0.15) is 18.4 Å². The molecule has 1 spiro atoms. The van der Waals surface area contributed by atoms with Gasteiger partial charge < -0.3 is 19.1 Å². The van der Waals surface area contributed by atoms with Crippen LogP contribution in [-0.2, 0) is 16.1 Å². The molecule has 1 saturated heterocycles. The minimum Gasteiger partial charge on any atom is -0.497 e. The molecule has 3 aliphatic rings. The van der Waals surface area contributed by atoms with Crippen molar-refractivity contribution in [2.24, 2.45) is 11.3 Å². The maximum Gasteiger partial charge on any atom is 0.226 e. The average Bonchev–Trinajstić information content (AvgIpc) is 3.11. The molecule has 2 heterocycles. The zero-order valence-corrected chi connectivity index (χ0v) is 12.8. The molecule has 0 N–H and O–H groups in total. The van der Waals surface area contributed by atoms with Gasteiger partial charge in [-0.3, -0.25) is 4.79 Å². The molecule has 4 rings (SSSR count). The first-order valence-corrected chi connectivity index (χ1v) is 7.88. The fourth-order valence-corrected chi connectivity index (χ4v) is 3.64. The topological polar surface area (TPSA) is 48.0 Å². The molecule has 5 heteroatoms. The molecule has 2 fully saturated rings. The Morgan fingerprint density at radius 3 is 3.09 bits per heavy atom. The number of hydrogen-bond acceptors (Lipinski definition) is 4. The fraction of sp³-hybridized carbons (Fsp3) is 0.588. The van der Waals surface area contributed by atoms with Gasteiger partial charge in [0.1, 0.15) is 18.1 Å². The molecule has 2 unspecified atom stereocenters. The lowest BCUT2D eigenvalue weighted by Gasteiger charge is -2.21. The van der Waals surface area contributed by atoms with E-state index in [2.05, 4.69) is 0 Å². The first-order chi connectivity index (χ1) is 10.7. The molecular weight excluding hydrogens is 282 g/mol. The van der Waals surface area contributed by atoms with Crippen molar-refractivity contribution in [3.63, 3.8) is 0 Å². The Bertz CT molecular complexity index is 594. The second-order valence-corrected chi connectivity index (χ2v) is 6.50. The number of nitrogens with zero attached hydrogens (tertiary/aromatic N) is 1. The summed E-state index contributed by atoms with van der Waals surface area (Å²) >= 11 is 0. The lowest BCUT2D eigenvalue weighted by molar-refractivity contribution is -0.134. The van der Waals surface area contributed by atoms with Gasteiger partial charge in [0, 0.05) is 36.1 Å². The van der Waals surface area contributed by atoms with Crippen molar-refractivity contribution in [3.05, 3.63) is 23.8 Å². The summed E-state index contributed by atoms with van der Waals surface area (Å²) in [6, 6.07) is 5.80. The summed E-state index contributed by atoms with van der Waals surface area (Å²) in [4.78, 5) is 14.7. The number of rotatable bonds is 2. The highest BCUT2D eigenvalue weighted by Crippen LogP contribution is 2.58. The Morgan fingerprint density at radius 1 is 1.41 bits per heavy atom. The van der Waals surface area contributed by atoms with Crippen LogP contribution < -0.4 is 9.47 Å². The molecule has 2 aliphatic heterocycles. The van der Waals surface area contributed by atoms with Crippen LogP contribution in [0.25, 0.3) is 0 Å². The van der Waals surface area contributed by atoms with Crippen molar-refractivity contribution in [3.8, 4) is 11.5 Å². The van der Waals surface area contributed by atoms with E-state index in [9.17, 15) is 4.79 Å². The molecule has 0 bridgehead atoms. The SMILES string of the molecule is COc1ccc2c(c1)OCCN(C(=O)C1CC13CCOC3)C2. The third kappa shape index (κ3) is 2.24. The normalized spacial score (nSPS) is 29.7. The molecule has 1 aliphatic carbocycles. The quantitative estimate of drug-likeness (QED) is 0.836. The van der Waals surface area contributed by atoms with Gasteiger partial charge in [-0.25, -0.2) is 0 Å². The predicted molar refractivity (Wildman–Crippen MR) is 79.9 cm³/mol. The molecule has 0 radical (unpaired) electrons. The first-order valence-electron chi connectivity index (χ1n) is 7.88. The van der Waals surface area contributed by atoms with Gasteiger partial charge in [0.2, 0.25) is 5.91 Å². The van der Waals surface area contributed by atoms with Crippen LogP contribution in [-0.4, -0.2) is 44.3 Å². The first kappa shape index (κ1) is 13.9. The summed E-state index contributed by atoms with van der Waals surface area (Å²) in [5.74, 6) is 2.01. The number of hydrogen-bond donors (Lipinski definition) is 0. The predicted octanol–water partition coefficient (Wildman–Crippen LogP) is 1.84. The number of methoxy groups -OCH3 is 1. The fourth-order valence-electron chi connectivity index (χ4n) is 3.64. The zero-order valence-electron chi connectivity index (χ0n) is 12.8. The van der Waals surface area contributed by atoms with Gasteiger partial charge in [0.25, 0.3) is 0 Å². The molecule has 118 valence electrons. The van der Waals surface area contributed by atoms with Gasteiger partial charge in [-0.1, -0.05) is 0 Å². The third-order valence-corrected chi connectivity index (χ3v) is 5.19. The Kier molecular flexibility index (Phi) is 3.26. The summed E-state index contributed by atoms with van der Waals surface area (Å²) in [6.07, 6.45) is 2.01. The zero-order chi connectivity index (χ0) is 15.2. The van der Waals surface area contributed by atoms with Gasteiger partial charge >= 0.3 is 0 Å². The largest absolute Gasteiger partial charge is 0.497 e. The van der Waals surface area contributed by atoms with Crippen LogP contribution in [0.15, 0.2) is 18.2 Å². The monoisotopic (exact) mass is 303 g/mol. The number of carbonyl (C=O) groups is 1. The van der Waals surface area contributed by atoms with Gasteiger partial charge in [0.05, 0.1) is 20.3 Å². The van der Waals surface area contributed by atoms with Crippen molar-refractivity contribution >= 4 is 5.91 Å². The van der Waals surface area contributed by atoms with Crippen LogP contribution in [0.3, 0.4) is 0 Å². The summed E-state index contributed by atoms with van der Waals surface area (Å²) < 4.78 is 16.5. The highest BCUT2D eigenvalue weighted by atomic mass is 16.5. The van der Waals surface area contributed by atoms with Crippen LogP contribution in [0, 0.1) is 11.3 Å². The van der Waals surface area contributed by atoms with Crippen molar-refractivity contribution in [1.29, 1.82) is 0 Å². The van der Waals surface area contributed by atoms with E-state index in [1.807, 2.05) is 23.1 Å². The van der Waals surface area contributed by atoms with Crippen LogP contribution in [0.4, 0.5) is 0 Å². The minimum absolute atomic E-state index is 0.146. The van der Waals surface area contributed by atoms with E-state index >= 15 is 0 Å². The van der Waals surface area contributed by atoms with E-state index in [1.165, 1.54) is 0 Å². The van der Waals surface area contributed by atoms with E-state index in [1.54, 1.807) is 7.11 Å². The summed E-state index contributed by atoms with van der Waals surface area (Å²) in [5, 5.41) is 0. The maximum absolute atomic E-state index is 12.8. The average molecular weight is 303 g/mol. The van der Waals surface area contributed by atoms with Crippen molar-refractivity contribution < 1.29 is 19.0 Å². The lowest BCUT2D eigenvalue weighted by atomic mass is 10.0.